The topological polar surface area (TPSA) is 78.5 Å². The summed E-state index contributed by atoms with van der Waals surface area (Å²) >= 11 is 0. The maximum Gasteiger partial charge on any atom is 0.325 e. The molecule has 1 atom stereocenters. The molecule has 1 heterocycles. The molecule has 1 aromatic rings. The molecule has 0 radical (unpaired) electrons. The number of hydrogen-bond acceptors (Lipinski definition) is 3. The fraction of sp³-hybridized carbons (Fsp3) is 0.471. The number of carbonyl (C=O) groups excluding carboxylic acids is 3. The van der Waals surface area contributed by atoms with Gasteiger partial charge in [0.05, 0.1) is 0 Å². The molecule has 0 spiro atoms. The first-order chi connectivity index (χ1) is 11.1. The first-order valence-corrected chi connectivity index (χ1v) is 8.11. The largest absolute Gasteiger partial charge is 0.352 e. The molecule has 23 heavy (non-hydrogen) atoms. The highest BCUT2D eigenvalue weighted by atomic mass is 16.2. The van der Waals surface area contributed by atoms with Crippen LogP contribution in [0.25, 0.3) is 0 Å². The third kappa shape index (κ3) is 3.52. The molecule has 6 nitrogen and oxygen atoms in total. The molecule has 3 rings (SSSR count). The molecule has 1 aliphatic carbocycles. The molecule has 4 amide bonds. The van der Waals surface area contributed by atoms with Crippen LogP contribution in [0.3, 0.4) is 0 Å². The minimum atomic E-state index is -0.703. The highest BCUT2D eigenvalue weighted by Crippen LogP contribution is 2.21. The van der Waals surface area contributed by atoms with E-state index in [1.807, 2.05) is 18.2 Å². The summed E-state index contributed by atoms with van der Waals surface area (Å²) in [6, 6.07) is 8.00. The molecule has 2 fully saturated rings. The van der Waals surface area contributed by atoms with Crippen LogP contribution in [-0.4, -0.2) is 35.3 Å². The summed E-state index contributed by atoms with van der Waals surface area (Å²) in [6.45, 7) is -0.218. The average molecular weight is 315 g/mol. The van der Waals surface area contributed by atoms with Crippen molar-refractivity contribution in [3.63, 3.8) is 0 Å². The number of urea groups is 1. The Bertz CT molecular complexity index is 596. The van der Waals surface area contributed by atoms with Gasteiger partial charge in [-0.25, -0.2) is 4.79 Å². The number of imide groups is 1. The van der Waals surface area contributed by atoms with Crippen LogP contribution in [-0.2, 0) is 9.59 Å². The fourth-order valence-corrected chi connectivity index (χ4v) is 3.20. The van der Waals surface area contributed by atoms with Crippen LogP contribution in [0.5, 0.6) is 0 Å². The molecule has 1 unspecified atom stereocenters. The third-order valence-electron chi connectivity index (χ3n) is 4.43. The van der Waals surface area contributed by atoms with E-state index in [-0.39, 0.29) is 24.4 Å². The number of rotatable bonds is 4. The summed E-state index contributed by atoms with van der Waals surface area (Å²) in [4.78, 5) is 37.5. The van der Waals surface area contributed by atoms with E-state index in [9.17, 15) is 14.4 Å². The van der Waals surface area contributed by atoms with Crippen molar-refractivity contribution in [3.8, 4) is 0 Å². The molecule has 0 bridgehead atoms. The maximum absolute atomic E-state index is 12.4. The number of carbonyl (C=O) groups is 3. The number of nitrogens with one attached hydrogen (secondary N) is 2. The van der Waals surface area contributed by atoms with Gasteiger partial charge in [-0.15, -0.1) is 0 Å². The van der Waals surface area contributed by atoms with Crippen molar-refractivity contribution in [2.24, 2.45) is 0 Å². The van der Waals surface area contributed by atoms with E-state index in [1.165, 1.54) is 6.42 Å². The number of hydrogen-bond donors (Lipinski definition) is 2. The zero-order chi connectivity index (χ0) is 16.2. The Morgan fingerprint density at radius 1 is 1.13 bits per heavy atom. The Labute approximate surface area is 135 Å². The second-order valence-corrected chi connectivity index (χ2v) is 6.12. The van der Waals surface area contributed by atoms with Crippen LogP contribution in [0.15, 0.2) is 30.3 Å². The molecular formula is C17H21N3O3. The normalized spacial score (nSPS) is 22.1. The second-order valence-electron chi connectivity index (χ2n) is 6.12. The lowest BCUT2D eigenvalue weighted by Crippen LogP contribution is -2.44. The molecule has 0 aromatic heterocycles. The van der Waals surface area contributed by atoms with Crippen molar-refractivity contribution in [1.29, 1.82) is 0 Å². The van der Waals surface area contributed by atoms with Crippen molar-refractivity contribution in [2.75, 3.05) is 6.54 Å². The highest BCUT2D eigenvalue weighted by molar-refractivity contribution is 6.06. The van der Waals surface area contributed by atoms with Gasteiger partial charge in [0.25, 0.3) is 5.91 Å². The van der Waals surface area contributed by atoms with E-state index in [1.54, 1.807) is 12.1 Å². The van der Waals surface area contributed by atoms with E-state index in [4.69, 9.17) is 0 Å². The standard InChI is InChI=1S/C17H21N3O3/c21-14(18-13-9-5-2-6-10-13)11-20-16(22)15(19-17(20)23)12-7-3-1-4-8-12/h1,3-4,7-8,13,15H,2,5-6,9-11H2,(H,18,21)(H,19,23). The summed E-state index contributed by atoms with van der Waals surface area (Å²) < 4.78 is 0. The summed E-state index contributed by atoms with van der Waals surface area (Å²) in [5.74, 6) is -0.644. The van der Waals surface area contributed by atoms with Crippen LogP contribution in [0.2, 0.25) is 0 Å². The van der Waals surface area contributed by atoms with Gasteiger partial charge < -0.3 is 10.6 Å². The quantitative estimate of drug-likeness (QED) is 0.831. The van der Waals surface area contributed by atoms with Crippen LogP contribution in [0, 0.1) is 0 Å². The molecule has 1 saturated carbocycles. The molecular weight excluding hydrogens is 294 g/mol. The van der Waals surface area contributed by atoms with Crippen molar-refractivity contribution < 1.29 is 14.4 Å². The number of nitrogens with zero attached hydrogens (tertiary/aromatic N) is 1. The molecule has 2 N–H and O–H groups in total. The van der Waals surface area contributed by atoms with Gasteiger partial charge in [-0.3, -0.25) is 14.5 Å². The predicted molar refractivity (Wildman–Crippen MR) is 84.4 cm³/mol. The monoisotopic (exact) mass is 315 g/mol. The SMILES string of the molecule is O=C(CN1C(=O)NC(c2ccccc2)C1=O)NC1CCCCC1. The van der Waals surface area contributed by atoms with Gasteiger partial charge in [0.1, 0.15) is 12.6 Å². The van der Waals surface area contributed by atoms with E-state index < -0.39 is 12.1 Å². The van der Waals surface area contributed by atoms with Crippen molar-refractivity contribution in [2.45, 2.75) is 44.2 Å². The van der Waals surface area contributed by atoms with Gasteiger partial charge in [0.15, 0.2) is 0 Å². The number of amides is 4. The summed E-state index contributed by atoms with van der Waals surface area (Å²) in [5.41, 5.74) is 0.723. The minimum Gasteiger partial charge on any atom is -0.352 e. The van der Waals surface area contributed by atoms with Gasteiger partial charge in [0.2, 0.25) is 5.91 Å². The summed E-state index contributed by atoms with van der Waals surface area (Å²) in [7, 11) is 0. The molecule has 122 valence electrons. The molecule has 1 saturated heterocycles. The van der Waals surface area contributed by atoms with E-state index >= 15 is 0 Å². The first-order valence-electron chi connectivity index (χ1n) is 8.11. The molecule has 2 aliphatic rings. The van der Waals surface area contributed by atoms with Crippen molar-refractivity contribution >= 4 is 17.8 Å². The van der Waals surface area contributed by atoms with Gasteiger partial charge in [-0.2, -0.15) is 0 Å². The summed E-state index contributed by atoms with van der Waals surface area (Å²) in [5, 5.41) is 5.57. The Hall–Kier alpha value is -2.37. The maximum atomic E-state index is 12.4. The molecule has 6 heteroatoms. The Morgan fingerprint density at radius 3 is 2.52 bits per heavy atom. The summed E-state index contributed by atoms with van der Waals surface area (Å²) in [6.07, 6.45) is 5.38. The van der Waals surface area contributed by atoms with E-state index in [2.05, 4.69) is 10.6 Å². The lowest BCUT2D eigenvalue weighted by Gasteiger charge is -2.23. The number of benzene rings is 1. The Balaban J connectivity index is 1.60. The lowest BCUT2D eigenvalue weighted by molar-refractivity contribution is -0.132. The predicted octanol–water partition coefficient (Wildman–Crippen LogP) is 1.73. The van der Waals surface area contributed by atoms with Crippen LogP contribution < -0.4 is 10.6 Å². The zero-order valence-electron chi connectivity index (χ0n) is 13.0. The van der Waals surface area contributed by atoms with E-state index in [0.717, 1.165) is 36.1 Å². The van der Waals surface area contributed by atoms with Crippen LogP contribution in [0.4, 0.5) is 4.79 Å². The highest BCUT2D eigenvalue weighted by Gasteiger charge is 2.39. The van der Waals surface area contributed by atoms with Gasteiger partial charge in [-0.05, 0) is 18.4 Å². The Kier molecular flexibility index (Phi) is 4.60. The van der Waals surface area contributed by atoms with Gasteiger partial charge in [-0.1, -0.05) is 49.6 Å². The third-order valence-corrected chi connectivity index (χ3v) is 4.43. The smallest absolute Gasteiger partial charge is 0.325 e. The molecule has 1 aliphatic heterocycles. The molecule has 1 aromatic carbocycles. The fourth-order valence-electron chi connectivity index (χ4n) is 3.20. The first kappa shape index (κ1) is 15.5. The zero-order valence-corrected chi connectivity index (χ0v) is 13.0. The average Bonchev–Trinajstić information content (AvgIpc) is 2.85. The second kappa shape index (κ2) is 6.81. The Morgan fingerprint density at radius 2 is 1.83 bits per heavy atom. The minimum absolute atomic E-state index is 0.168. The van der Waals surface area contributed by atoms with Crippen LogP contribution in [0.1, 0.15) is 43.7 Å². The van der Waals surface area contributed by atoms with E-state index in [0.29, 0.717) is 0 Å². The van der Waals surface area contributed by atoms with Gasteiger partial charge >= 0.3 is 6.03 Å². The van der Waals surface area contributed by atoms with Crippen molar-refractivity contribution in [3.05, 3.63) is 35.9 Å². The van der Waals surface area contributed by atoms with Crippen molar-refractivity contribution in [1.82, 2.24) is 15.5 Å². The van der Waals surface area contributed by atoms with Crippen LogP contribution >= 0.6 is 0 Å². The van der Waals surface area contributed by atoms with Gasteiger partial charge in [0, 0.05) is 6.04 Å². The lowest BCUT2D eigenvalue weighted by atomic mass is 9.95.